The summed E-state index contributed by atoms with van der Waals surface area (Å²) in [5, 5.41) is 3.74. The van der Waals surface area contributed by atoms with Gasteiger partial charge in [-0.05, 0) is 48.7 Å². The maximum Gasteiger partial charge on any atom is 0.0208 e. The Kier molecular flexibility index (Phi) is 3.02. The highest BCUT2D eigenvalue weighted by Gasteiger charge is 2.40. The van der Waals surface area contributed by atoms with Gasteiger partial charge in [0.2, 0.25) is 0 Å². The van der Waals surface area contributed by atoms with Crippen LogP contribution in [0.3, 0.4) is 0 Å². The third kappa shape index (κ3) is 2.78. The molecule has 0 aliphatic heterocycles. The molecule has 0 atom stereocenters. The normalized spacial score (nSPS) is 19.6. The van der Waals surface area contributed by atoms with Gasteiger partial charge in [0.05, 0.1) is 0 Å². The van der Waals surface area contributed by atoms with E-state index in [4.69, 9.17) is 0 Å². The minimum atomic E-state index is 0.774. The molecule has 1 aromatic carbocycles. The first kappa shape index (κ1) is 11.0. The number of nitrogens with one attached hydrogen (secondary N) is 1. The summed E-state index contributed by atoms with van der Waals surface area (Å²) in [7, 11) is 0. The average Bonchev–Trinajstić information content (AvgIpc) is 3.24. The second kappa shape index (κ2) is 4.66. The SMILES string of the molecule is C=C(CNC(C1CC1)C1CC1)c1ccccc1. The van der Waals surface area contributed by atoms with Crippen molar-refractivity contribution in [2.45, 2.75) is 31.7 Å². The zero-order chi connectivity index (χ0) is 11.7. The molecule has 2 saturated carbocycles. The molecule has 17 heavy (non-hydrogen) atoms. The molecular formula is C16H21N. The molecule has 3 rings (SSSR count). The quantitative estimate of drug-likeness (QED) is 0.784. The van der Waals surface area contributed by atoms with Gasteiger partial charge in [-0.3, -0.25) is 0 Å². The van der Waals surface area contributed by atoms with Crippen LogP contribution in [0, 0.1) is 11.8 Å². The Balaban J connectivity index is 1.54. The number of benzene rings is 1. The van der Waals surface area contributed by atoms with E-state index in [0.717, 1.165) is 24.4 Å². The first-order valence-corrected chi connectivity index (χ1v) is 6.81. The van der Waals surface area contributed by atoms with Crippen molar-refractivity contribution in [1.29, 1.82) is 0 Å². The highest BCUT2D eigenvalue weighted by molar-refractivity contribution is 5.64. The highest BCUT2D eigenvalue weighted by atomic mass is 14.9. The second-order valence-corrected chi connectivity index (χ2v) is 5.55. The van der Waals surface area contributed by atoms with Gasteiger partial charge in [0.25, 0.3) is 0 Å². The summed E-state index contributed by atoms with van der Waals surface area (Å²) in [6, 6.07) is 11.3. The summed E-state index contributed by atoms with van der Waals surface area (Å²) in [4.78, 5) is 0. The molecule has 2 aliphatic carbocycles. The van der Waals surface area contributed by atoms with E-state index in [0.29, 0.717) is 0 Å². The first-order chi connectivity index (χ1) is 8.34. The van der Waals surface area contributed by atoms with Crippen LogP contribution in [0.5, 0.6) is 0 Å². The molecule has 0 spiro atoms. The average molecular weight is 227 g/mol. The van der Waals surface area contributed by atoms with Crippen LogP contribution in [0.25, 0.3) is 5.57 Å². The van der Waals surface area contributed by atoms with E-state index in [1.807, 2.05) is 0 Å². The molecular weight excluding hydrogens is 206 g/mol. The van der Waals surface area contributed by atoms with Gasteiger partial charge in [0.1, 0.15) is 0 Å². The van der Waals surface area contributed by atoms with Crippen LogP contribution in [0.2, 0.25) is 0 Å². The Morgan fingerprint density at radius 2 is 1.71 bits per heavy atom. The molecule has 1 aromatic rings. The standard InChI is InChI=1S/C16H21N/c1-12(13-5-3-2-4-6-13)11-17-16(14-7-8-14)15-9-10-15/h2-6,14-17H,1,7-11H2. The summed E-state index contributed by atoms with van der Waals surface area (Å²) in [6.07, 6.45) is 5.75. The molecule has 1 heteroatoms. The van der Waals surface area contributed by atoms with Crippen LogP contribution in [0.1, 0.15) is 31.2 Å². The van der Waals surface area contributed by atoms with Gasteiger partial charge in [-0.15, -0.1) is 0 Å². The van der Waals surface area contributed by atoms with Crippen LogP contribution >= 0.6 is 0 Å². The third-order valence-corrected chi connectivity index (χ3v) is 3.99. The minimum Gasteiger partial charge on any atom is -0.309 e. The van der Waals surface area contributed by atoms with Crippen molar-refractivity contribution in [3.8, 4) is 0 Å². The van der Waals surface area contributed by atoms with Crippen molar-refractivity contribution >= 4 is 5.57 Å². The zero-order valence-corrected chi connectivity index (χ0v) is 10.4. The Morgan fingerprint density at radius 1 is 1.12 bits per heavy atom. The van der Waals surface area contributed by atoms with Gasteiger partial charge in [-0.25, -0.2) is 0 Å². The van der Waals surface area contributed by atoms with Crippen LogP contribution in [0.15, 0.2) is 36.9 Å². The van der Waals surface area contributed by atoms with E-state index in [1.54, 1.807) is 0 Å². The Morgan fingerprint density at radius 3 is 2.24 bits per heavy atom. The zero-order valence-electron chi connectivity index (χ0n) is 10.4. The van der Waals surface area contributed by atoms with Crippen LogP contribution in [-0.2, 0) is 0 Å². The van der Waals surface area contributed by atoms with E-state index < -0.39 is 0 Å². The molecule has 0 amide bonds. The van der Waals surface area contributed by atoms with Crippen molar-refractivity contribution < 1.29 is 0 Å². The molecule has 0 radical (unpaired) electrons. The molecule has 0 bridgehead atoms. The molecule has 90 valence electrons. The van der Waals surface area contributed by atoms with Gasteiger partial charge < -0.3 is 5.32 Å². The second-order valence-electron chi connectivity index (χ2n) is 5.55. The third-order valence-electron chi connectivity index (χ3n) is 3.99. The summed E-state index contributed by atoms with van der Waals surface area (Å²) in [6.45, 7) is 5.14. The van der Waals surface area contributed by atoms with Gasteiger partial charge in [0.15, 0.2) is 0 Å². The van der Waals surface area contributed by atoms with E-state index in [2.05, 4.69) is 42.2 Å². The van der Waals surface area contributed by atoms with Crippen molar-refractivity contribution in [2.75, 3.05) is 6.54 Å². The molecule has 0 heterocycles. The highest BCUT2D eigenvalue weighted by Crippen LogP contribution is 2.44. The molecule has 0 saturated heterocycles. The fourth-order valence-electron chi connectivity index (χ4n) is 2.65. The van der Waals surface area contributed by atoms with Gasteiger partial charge in [-0.1, -0.05) is 36.9 Å². The fourth-order valence-corrected chi connectivity index (χ4v) is 2.65. The largest absolute Gasteiger partial charge is 0.309 e. The number of hydrogen-bond acceptors (Lipinski definition) is 1. The molecule has 1 nitrogen and oxygen atoms in total. The predicted octanol–water partition coefficient (Wildman–Crippen LogP) is 3.48. The summed E-state index contributed by atoms with van der Waals surface area (Å²) >= 11 is 0. The lowest BCUT2D eigenvalue weighted by Crippen LogP contribution is -2.34. The molecule has 0 unspecified atom stereocenters. The summed E-state index contributed by atoms with van der Waals surface area (Å²) < 4.78 is 0. The van der Waals surface area contributed by atoms with E-state index >= 15 is 0 Å². The first-order valence-electron chi connectivity index (χ1n) is 6.81. The lowest BCUT2D eigenvalue weighted by atomic mass is 10.0. The van der Waals surface area contributed by atoms with E-state index in [1.165, 1.54) is 36.8 Å². The van der Waals surface area contributed by atoms with Crippen molar-refractivity contribution in [1.82, 2.24) is 5.32 Å². The van der Waals surface area contributed by atoms with Crippen molar-refractivity contribution in [3.05, 3.63) is 42.5 Å². The minimum absolute atomic E-state index is 0.774. The van der Waals surface area contributed by atoms with Gasteiger partial charge in [0, 0.05) is 12.6 Å². The Hall–Kier alpha value is -1.08. The monoisotopic (exact) mass is 227 g/mol. The Labute approximate surface area is 104 Å². The maximum absolute atomic E-state index is 4.19. The lowest BCUT2D eigenvalue weighted by molar-refractivity contribution is 0.438. The fraction of sp³-hybridized carbons (Fsp3) is 0.500. The van der Waals surface area contributed by atoms with Crippen LogP contribution in [0.4, 0.5) is 0 Å². The molecule has 2 fully saturated rings. The molecule has 1 N–H and O–H groups in total. The van der Waals surface area contributed by atoms with E-state index in [9.17, 15) is 0 Å². The lowest BCUT2D eigenvalue weighted by Gasteiger charge is -2.18. The summed E-state index contributed by atoms with van der Waals surface area (Å²) in [5.74, 6) is 1.93. The predicted molar refractivity (Wildman–Crippen MR) is 72.7 cm³/mol. The summed E-state index contributed by atoms with van der Waals surface area (Å²) in [5.41, 5.74) is 2.49. The van der Waals surface area contributed by atoms with Crippen LogP contribution in [-0.4, -0.2) is 12.6 Å². The molecule has 2 aliphatic rings. The van der Waals surface area contributed by atoms with Gasteiger partial charge >= 0.3 is 0 Å². The maximum atomic E-state index is 4.19. The van der Waals surface area contributed by atoms with Crippen molar-refractivity contribution in [2.24, 2.45) is 11.8 Å². The van der Waals surface area contributed by atoms with Crippen LogP contribution < -0.4 is 5.32 Å². The topological polar surface area (TPSA) is 12.0 Å². The number of hydrogen-bond donors (Lipinski definition) is 1. The Bertz CT molecular complexity index is 375. The van der Waals surface area contributed by atoms with E-state index in [-0.39, 0.29) is 0 Å². The van der Waals surface area contributed by atoms with Crippen molar-refractivity contribution in [3.63, 3.8) is 0 Å². The number of rotatable bonds is 6. The smallest absolute Gasteiger partial charge is 0.0208 e. The molecule has 0 aromatic heterocycles. The van der Waals surface area contributed by atoms with Gasteiger partial charge in [-0.2, -0.15) is 0 Å².